The lowest BCUT2D eigenvalue weighted by atomic mass is 10.3. The van der Waals surface area contributed by atoms with Crippen LogP contribution in [0, 0.1) is 11.8 Å². The van der Waals surface area contributed by atoms with E-state index in [1.54, 1.807) is 11.6 Å². The van der Waals surface area contributed by atoms with E-state index in [1.807, 2.05) is 37.3 Å². The molecule has 88 valence electrons. The molecule has 0 saturated carbocycles. The summed E-state index contributed by atoms with van der Waals surface area (Å²) < 4.78 is 1.70. The number of rotatable bonds is 4. The first kappa shape index (κ1) is 11.3. The molecule has 1 heterocycles. The highest BCUT2D eigenvalue weighted by Crippen LogP contribution is 2.30. The summed E-state index contributed by atoms with van der Waals surface area (Å²) in [6, 6.07) is 9.65. The fourth-order valence-corrected chi connectivity index (χ4v) is 1.71. The second-order valence-corrected chi connectivity index (χ2v) is 3.65. The number of aryl methyl sites for hydroxylation is 1. The molecule has 0 spiro atoms. The summed E-state index contributed by atoms with van der Waals surface area (Å²) in [5.41, 5.74) is 1.90. The van der Waals surface area contributed by atoms with Crippen LogP contribution in [0.5, 0.6) is 0 Å². The van der Waals surface area contributed by atoms with Crippen molar-refractivity contribution in [2.24, 2.45) is 5.18 Å². The average molecular weight is 230 g/mol. The Kier molecular flexibility index (Phi) is 3.18. The molecule has 0 radical (unpaired) electrons. The number of hydrogen-bond acceptors (Lipinski definition) is 4. The minimum atomic E-state index is 0.371. The number of benzene rings is 1. The number of anilines is 1. The predicted octanol–water partition coefficient (Wildman–Crippen LogP) is 3.01. The normalized spacial score (nSPS) is 10.2. The van der Waals surface area contributed by atoms with Crippen molar-refractivity contribution >= 4 is 11.5 Å². The third-order valence-corrected chi connectivity index (χ3v) is 2.47. The van der Waals surface area contributed by atoms with Gasteiger partial charge in [-0.3, -0.25) is 0 Å². The highest BCUT2D eigenvalue weighted by molar-refractivity contribution is 5.66. The van der Waals surface area contributed by atoms with E-state index >= 15 is 0 Å². The van der Waals surface area contributed by atoms with Gasteiger partial charge in [-0.05, 0) is 31.2 Å². The van der Waals surface area contributed by atoms with E-state index in [2.05, 4.69) is 15.6 Å². The second kappa shape index (κ2) is 4.78. The zero-order valence-corrected chi connectivity index (χ0v) is 9.84. The molecule has 1 N–H and O–H groups in total. The van der Waals surface area contributed by atoms with Gasteiger partial charge in [-0.2, -0.15) is 5.10 Å². The molecule has 0 aliphatic rings. The third-order valence-electron chi connectivity index (χ3n) is 2.47. The molecule has 0 atom stereocenters. The van der Waals surface area contributed by atoms with Crippen LogP contribution in [-0.2, 0) is 0 Å². The van der Waals surface area contributed by atoms with Gasteiger partial charge >= 0.3 is 0 Å². The van der Waals surface area contributed by atoms with E-state index in [0.29, 0.717) is 23.7 Å². The second-order valence-electron chi connectivity index (χ2n) is 3.65. The van der Waals surface area contributed by atoms with Gasteiger partial charge in [0, 0.05) is 6.54 Å². The minimum absolute atomic E-state index is 0.371. The van der Waals surface area contributed by atoms with E-state index in [4.69, 9.17) is 0 Å². The number of nitroso groups, excluding NO2 is 1. The van der Waals surface area contributed by atoms with Crippen LogP contribution in [0.4, 0.5) is 11.5 Å². The molecule has 0 aliphatic heterocycles. The van der Waals surface area contributed by atoms with Crippen molar-refractivity contribution in [1.29, 1.82) is 0 Å². The number of nitrogens with zero attached hydrogens (tertiary/aromatic N) is 3. The number of para-hydroxylation sites is 1. The molecular weight excluding hydrogens is 216 g/mol. The summed E-state index contributed by atoms with van der Waals surface area (Å²) in [6.45, 7) is 4.45. The first-order valence-corrected chi connectivity index (χ1v) is 5.50. The van der Waals surface area contributed by atoms with Gasteiger partial charge in [0.2, 0.25) is 0 Å². The molecule has 17 heavy (non-hydrogen) atoms. The SMILES string of the molecule is CCNc1c(N=O)c(C)nn1-c1ccccc1. The van der Waals surface area contributed by atoms with Gasteiger partial charge in [0.25, 0.3) is 0 Å². The van der Waals surface area contributed by atoms with Gasteiger partial charge < -0.3 is 5.32 Å². The minimum Gasteiger partial charge on any atom is -0.368 e. The summed E-state index contributed by atoms with van der Waals surface area (Å²) in [5.74, 6) is 0.645. The van der Waals surface area contributed by atoms with Crippen LogP contribution < -0.4 is 5.32 Å². The Labute approximate surface area is 99.4 Å². The number of hydrogen-bond donors (Lipinski definition) is 1. The van der Waals surface area contributed by atoms with E-state index in [1.165, 1.54) is 0 Å². The van der Waals surface area contributed by atoms with Crippen LogP contribution in [0.15, 0.2) is 35.5 Å². The van der Waals surface area contributed by atoms with Crippen molar-refractivity contribution in [1.82, 2.24) is 9.78 Å². The smallest absolute Gasteiger partial charge is 0.173 e. The fourth-order valence-electron chi connectivity index (χ4n) is 1.71. The Morgan fingerprint density at radius 2 is 2.06 bits per heavy atom. The molecule has 0 saturated heterocycles. The lowest BCUT2D eigenvalue weighted by molar-refractivity contribution is 0.862. The quantitative estimate of drug-likeness (QED) is 0.821. The van der Waals surface area contributed by atoms with Crippen molar-refractivity contribution in [3.63, 3.8) is 0 Å². The zero-order chi connectivity index (χ0) is 12.3. The highest BCUT2D eigenvalue weighted by atomic mass is 16.3. The zero-order valence-electron chi connectivity index (χ0n) is 9.84. The van der Waals surface area contributed by atoms with E-state index in [-0.39, 0.29) is 0 Å². The monoisotopic (exact) mass is 230 g/mol. The molecule has 1 aromatic heterocycles. The summed E-state index contributed by atoms with van der Waals surface area (Å²) >= 11 is 0. The van der Waals surface area contributed by atoms with Crippen LogP contribution in [0.1, 0.15) is 12.6 Å². The van der Waals surface area contributed by atoms with Crippen molar-refractivity contribution in [3.05, 3.63) is 40.9 Å². The molecule has 2 rings (SSSR count). The van der Waals surface area contributed by atoms with Crippen molar-refractivity contribution in [2.45, 2.75) is 13.8 Å². The van der Waals surface area contributed by atoms with Crippen LogP contribution in [0.3, 0.4) is 0 Å². The molecule has 2 aromatic rings. The van der Waals surface area contributed by atoms with Gasteiger partial charge in [0.05, 0.1) is 11.4 Å². The molecule has 5 heteroatoms. The molecule has 0 bridgehead atoms. The first-order chi connectivity index (χ1) is 8.27. The molecule has 1 aromatic carbocycles. The van der Waals surface area contributed by atoms with Gasteiger partial charge in [-0.15, -0.1) is 4.91 Å². The summed E-state index contributed by atoms with van der Waals surface area (Å²) in [6.07, 6.45) is 0. The highest BCUT2D eigenvalue weighted by Gasteiger charge is 2.16. The molecular formula is C12H14N4O. The lowest BCUT2D eigenvalue weighted by Crippen LogP contribution is -2.05. The van der Waals surface area contributed by atoms with Crippen molar-refractivity contribution in [3.8, 4) is 5.69 Å². The Morgan fingerprint density at radius 3 is 2.65 bits per heavy atom. The van der Waals surface area contributed by atoms with Gasteiger partial charge in [-0.25, -0.2) is 4.68 Å². The van der Waals surface area contributed by atoms with Gasteiger partial charge in [0.15, 0.2) is 11.5 Å². The molecule has 5 nitrogen and oxygen atoms in total. The van der Waals surface area contributed by atoms with Crippen LogP contribution in [0.2, 0.25) is 0 Å². The summed E-state index contributed by atoms with van der Waals surface area (Å²) in [7, 11) is 0. The maximum atomic E-state index is 10.8. The Morgan fingerprint density at radius 1 is 1.35 bits per heavy atom. The topological polar surface area (TPSA) is 59.3 Å². The molecule has 0 aliphatic carbocycles. The Bertz CT molecular complexity index is 519. The van der Waals surface area contributed by atoms with Crippen LogP contribution >= 0.6 is 0 Å². The molecule has 0 amide bonds. The Balaban J connectivity index is 2.57. The molecule has 0 fully saturated rings. The van der Waals surface area contributed by atoms with E-state index in [0.717, 1.165) is 5.69 Å². The maximum absolute atomic E-state index is 10.8. The van der Waals surface area contributed by atoms with Crippen LogP contribution in [-0.4, -0.2) is 16.3 Å². The molecule has 0 unspecified atom stereocenters. The number of aromatic nitrogens is 2. The van der Waals surface area contributed by atoms with Gasteiger partial charge in [0.1, 0.15) is 0 Å². The Hall–Kier alpha value is -2.17. The standard InChI is InChI=1S/C12H14N4O/c1-3-13-12-11(15-17)9(2)14-16(12)10-7-5-4-6-8-10/h4-8,13H,3H2,1-2H3. The average Bonchev–Trinajstić information content (AvgIpc) is 2.67. The van der Waals surface area contributed by atoms with E-state index in [9.17, 15) is 4.91 Å². The van der Waals surface area contributed by atoms with E-state index < -0.39 is 0 Å². The van der Waals surface area contributed by atoms with Crippen molar-refractivity contribution < 1.29 is 0 Å². The summed E-state index contributed by atoms with van der Waals surface area (Å²) in [5, 5.41) is 10.5. The number of nitrogens with one attached hydrogen (secondary N) is 1. The lowest BCUT2D eigenvalue weighted by Gasteiger charge is -2.07. The summed E-state index contributed by atoms with van der Waals surface area (Å²) in [4.78, 5) is 10.8. The van der Waals surface area contributed by atoms with Crippen molar-refractivity contribution in [2.75, 3.05) is 11.9 Å². The fraction of sp³-hybridized carbons (Fsp3) is 0.250. The van der Waals surface area contributed by atoms with Gasteiger partial charge in [-0.1, -0.05) is 18.2 Å². The maximum Gasteiger partial charge on any atom is 0.173 e. The van der Waals surface area contributed by atoms with Crippen LogP contribution in [0.25, 0.3) is 5.69 Å². The first-order valence-electron chi connectivity index (χ1n) is 5.50. The largest absolute Gasteiger partial charge is 0.368 e. The third kappa shape index (κ3) is 2.04. The predicted molar refractivity (Wildman–Crippen MR) is 67.9 cm³/mol.